The molecule has 3 nitrogen and oxygen atoms in total. The van der Waals surface area contributed by atoms with E-state index in [2.05, 4.69) is 4.74 Å². The number of hydrogen-bond donors (Lipinski definition) is 1. The lowest BCUT2D eigenvalue weighted by Crippen LogP contribution is -2.08. The molecular formula is C9H9F2NO2. The second-order valence-corrected chi connectivity index (χ2v) is 2.63. The molecule has 0 amide bonds. The fraction of sp³-hybridized carbons (Fsp3) is 0.222. The highest BCUT2D eigenvalue weighted by molar-refractivity contribution is 5.89. The minimum Gasteiger partial charge on any atom is -0.465 e. The van der Waals surface area contributed by atoms with Crippen molar-refractivity contribution in [1.82, 2.24) is 0 Å². The summed E-state index contributed by atoms with van der Waals surface area (Å²) in [7, 11) is 1.16. The largest absolute Gasteiger partial charge is 0.465 e. The van der Waals surface area contributed by atoms with E-state index in [0.717, 1.165) is 13.2 Å². The van der Waals surface area contributed by atoms with E-state index in [1.54, 1.807) is 0 Å². The predicted octanol–water partition coefficient (Wildman–Crippen LogP) is 1.21. The Hall–Kier alpha value is -1.49. The van der Waals surface area contributed by atoms with Crippen LogP contribution < -0.4 is 5.73 Å². The maximum Gasteiger partial charge on any atom is 0.337 e. The second kappa shape index (κ2) is 4.15. The molecule has 0 atom stereocenters. The van der Waals surface area contributed by atoms with Gasteiger partial charge < -0.3 is 10.5 Å². The van der Waals surface area contributed by atoms with Crippen LogP contribution in [0.5, 0.6) is 0 Å². The van der Waals surface area contributed by atoms with Crippen molar-refractivity contribution < 1.29 is 18.3 Å². The molecule has 1 aromatic carbocycles. The van der Waals surface area contributed by atoms with Crippen LogP contribution in [-0.2, 0) is 11.3 Å². The molecule has 2 N–H and O–H groups in total. The van der Waals surface area contributed by atoms with Crippen molar-refractivity contribution in [3.05, 3.63) is 34.9 Å². The van der Waals surface area contributed by atoms with Gasteiger partial charge in [-0.1, -0.05) is 0 Å². The third-order valence-electron chi connectivity index (χ3n) is 1.74. The summed E-state index contributed by atoms with van der Waals surface area (Å²) >= 11 is 0. The number of hydrogen-bond acceptors (Lipinski definition) is 3. The molecule has 0 saturated heterocycles. The molecule has 0 aliphatic rings. The van der Waals surface area contributed by atoms with Gasteiger partial charge in [-0.05, 0) is 12.1 Å². The number of carbonyl (C=O) groups excluding carboxylic acids is 1. The quantitative estimate of drug-likeness (QED) is 0.731. The molecular weight excluding hydrogens is 192 g/mol. The van der Waals surface area contributed by atoms with Crippen LogP contribution in [-0.4, -0.2) is 13.1 Å². The summed E-state index contributed by atoms with van der Waals surface area (Å²) in [5.74, 6) is -2.85. The van der Waals surface area contributed by atoms with Gasteiger partial charge in [0.2, 0.25) is 0 Å². The summed E-state index contributed by atoms with van der Waals surface area (Å²) in [5, 5.41) is 0. The molecule has 0 fully saturated rings. The zero-order valence-electron chi connectivity index (χ0n) is 7.51. The molecule has 0 bridgehead atoms. The maximum atomic E-state index is 12.9. The van der Waals surface area contributed by atoms with Crippen LogP contribution in [0.4, 0.5) is 8.78 Å². The summed E-state index contributed by atoms with van der Waals surface area (Å²) in [4.78, 5) is 11.0. The SMILES string of the molecule is COC(=O)c1cc(F)c(F)c(CN)c1. The number of carbonyl (C=O) groups is 1. The van der Waals surface area contributed by atoms with Gasteiger partial charge in [0.25, 0.3) is 0 Å². The van der Waals surface area contributed by atoms with Crippen LogP contribution in [0.2, 0.25) is 0 Å². The molecule has 0 aromatic heterocycles. The maximum absolute atomic E-state index is 12.9. The number of methoxy groups -OCH3 is 1. The van der Waals surface area contributed by atoms with Gasteiger partial charge in [-0.25, -0.2) is 13.6 Å². The summed E-state index contributed by atoms with van der Waals surface area (Å²) in [6, 6.07) is 1.95. The molecule has 0 unspecified atom stereocenters. The summed E-state index contributed by atoms with van der Waals surface area (Å²) in [6.07, 6.45) is 0. The van der Waals surface area contributed by atoms with Gasteiger partial charge in [-0.3, -0.25) is 0 Å². The van der Waals surface area contributed by atoms with E-state index in [1.165, 1.54) is 6.07 Å². The van der Waals surface area contributed by atoms with Gasteiger partial charge in [0.1, 0.15) is 0 Å². The van der Waals surface area contributed by atoms with E-state index < -0.39 is 17.6 Å². The van der Waals surface area contributed by atoms with Gasteiger partial charge in [-0.2, -0.15) is 0 Å². The van der Waals surface area contributed by atoms with Crippen LogP contribution in [0.3, 0.4) is 0 Å². The van der Waals surface area contributed by atoms with Crippen LogP contribution in [0.15, 0.2) is 12.1 Å². The summed E-state index contributed by atoms with van der Waals surface area (Å²) in [6.45, 7) is -0.173. The van der Waals surface area contributed by atoms with Gasteiger partial charge in [0.05, 0.1) is 12.7 Å². The van der Waals surface area contributed by atoms with Crippen molar-refractivity contribution in [1.29, 1.82) is 0 Å². The first-order valence-electron chi connectivity index (χ1n) is 3.86. The van der Waals surface area contributed by atoms with Crippen LogP contribution in [0, 0.1) is 11.6 Å². The van der Waals surface area contributed by atoms with Crippen molar-refractivity contribution in [2.45, 2.75) is 6.54 Å². The molecule has 0 radical (unpaired) electrons. The molecule has 0 spiro atoms. The molecule has 5 heteroatoms. The number of esters is 1. The molecule has 14 heavy (non-hydrogen) atoms. The zero-order chi connectivity index (χ0) is 10.7. The molecule has 0 heterocycles. The lowest BCUT2D eigenvalue weighted by atomic mass is 10.1. The Bertz CT molecular complexity index is 366. The molecule has 1 rings (SSSR count). The average Bonchev–Trinajstić information content (AvgIpc) is 2.20. The fourth-order valence-corrected chi connectivity index (χ4v) is 1.03. The highest BCUT2D eigenvalue weighted by Gasteiger charge is 2.14. The topological polar surface area (TPSA) is 52.3 Å². The lowest BCUT2D eigenvalue weighted by molar-refractivity contribution is 0.0600. The number of halogens is 2. The molecule has 1 aromatic rings. The van der Waals surface area contributed by atoms with Gasteiger partial charge in [-0.15, -0.1) is 0 Å². The number of rotatable bonds is 2. The third kappa shape index (κ3) is 1.88. The van der Waals surface area contributed by atoms with Crippen molar-refractivity contribution >= 4 is 5.97 Å². The Balaban J connectivity index is 3.22. The number of ether oxygens (including phenoxy) is 1. The summed E-state index contributed by atoms with van der Waals surface area (Å²) in [5.41, 5.74) is 5.07. The van der Waals surface area contributed by atoms with E-state index in [1.807, 2.05) is 0 Å². The zero-order valence-corrected chi connectivity index (χ0v) is 7.51. The van der Waals surface area contributed by atoms with E-state index in [9.17, 15) is 13.6 Å². The predicted molar refractivity (Wildman–Crippen MR) is 45.6 cm³/mol. The Morgan fingerprint density at radius 1 is 1.50 bits per heavy atom. The highest BCUT2D eigenvalue weighted by atomic mass is 19.2. The first kappa shape index (κ1) is 10.6. The standard InChI is InChI=1S/C9H9F2NO2/c1-14-9(13)5-2-6(4-12)8(11)7(10)3-5/h2-3H,4,12H2,1H3. The average molecular weight is 201 g/mol. The van der Waals surface area contributed by atoms with Crippen molar-refractivity contribution in [2.75, 3.05) is 7.11 Å². The minimum absolute atomic E-state index is 0.0492. The van der Waals surface area contributed by atoms with Crippen LogP contribution >= 0.6 is 0 Å². The Labute approximate surface area is 79.5 Å². The van der Waals surface area contributed by atoms with Gasteiger partial charge >= 0.3 is 5.97 Å². The monoisotopic (exact) mass is 201 g/mol. The normalized spacial score (nSPS) is 10.0. The third-order valence-corrected chi connectivity index (χ3v) is 1.74. The van der Waals surface area contributed by atoms with Crippen molar-refractivity contribution in [2.24, 2.45) is 5.73 Å². The van der Waals surface area contributed by atoms with Crippen molar-refractivity contribution in [3.63, 3.8) is 0 Å². The summed E-state index contributed by atoms with van der Waals surface area (Å²) < 4.78 is 30.2. The fourth-order valence-electron chi connectivity index (χ4n) is 1.03. The minimum atomic E-state index is -1.10. The Morgan fingerprint density at radius 3 is 2.64 bits per heavy atom. The molecule has 76 valence electrons. The lowest BCUT2D eigenvalue weighted by Gasteiger charge is -2.04. The first-order chi connectivity index (χ1) is 6.60. The molecule has 0 saturated carbocycles. The van der Waals surface area contributed by atoms with Crippen molar-refractivity contribution in [3.8, 4) is 0 Å². The van der Waals surface area contributed by atoms with E-state index in [4.69, 9.17) is 5.73 Å². The van der Waals surface area contributed by atoms with E-state index in [-0.39, 0.29) is 17.7 Å². The number of nitrogens with two attached hydrogens (primary N) is 1. The smallest absolute Gasteiger partial charge is 0.337 e. The van der Waals surface area contributed by atoms with Gasteiger partial charge in [0.15, 0.2) is 11.6 Å². The molecule has 0 aliphatic heterocycles. The molecule has 0 aliphatic carbocycles. The van der Waals surface area contributed by atoms with E-state index in [0.29, 0.717) is 0 Å². The van der Waals surface area contributed by atoms with E-state index >= 15 is 0 Å². The Kier molecular flexibility index (Phi) is 3.14. The Morgan fingerprint density at radius 2 is 2.14 bits per heavy atom. The first-order valence-corrected chi connectivity index (χ1v) is 3.86. The van der Waals surface area contributed by atoms with Gasteiger partial charge in [0, 0.05) is 12.1 Å². The highest BCUT2D eigenvalue weighted by Crippen LogP contribution is 2.15. The van der Waals surface area contributed by atoms with Crippen LogP contribution in [0.25, 0.3) is 0 Å². The van der Waals surface area contributed by atoms with Crippen LogP contribution in [0.1, 0.15) is 15.9 Å². The number of benzene rings is 1. The second-order valence-electron chi connectivity index (χ2n) is 2.63.